The molecule has 0 unspecified atom stereocenters. The molecular formula is C17H24N4. The van der Waals surface area contributed by atoms with Gasteiger partial charge in [-0.15, -0.1) is 0 Å². The molecule has 2 aromatic rings. The van der Waals surface area contributed by atoms with Crippen molar-refractivity contribution in [1.82, 2.24) is 15.3 Å². The lowest BCUT2D eigenvalue weighted by atomic mass is 10.2. The maximum absolute atomic E-state index is 4.43. The zero-order valence-electron chi connectivity index (χ0n) is 13.1. The summed E-state index contributed by atoms with van der Waals surface area (Å²) in [5, 5.41) is 3.40. The van der Waals surface area contributed by atoms with Crippen LogP contribution in [0, 0.1) is 0 Å². The fourth-order valence-electron chi connectivity index (χ4n) is 2.14. The SMILES string of the molecule is CCN(Cc1ccccn1)c1ccnc(CNC(C)C)c1. The number of nitrogens with zero attached hydrogens (tertiary/aromatic N) is 3. The van der Waals surface area contributed by atoms with Gasteiger partial charge in [0.2, 0.25) is 0 Å². The van der Waals surface area contributed by atoms with Crippen molar-refractivity contribution < 1.29 is 0 Å². The smallest absolute Gasteiger partial charge is 0.0601 e. The van der Waals surface area contributed by atoms with Crippen LogP contribution in [0.2, 0.25) is 0 Å². The largest absolute Gasteiger partial charge is 0.366 e. The van der Waals surface area contributed by atoms with Crippen LogP contribution in [-0.2, 0) is 13.1 Å². The third-order valence-electron chi connectivity index (χ3n) is 3.32. The average molecular weight is 284 g/mol. The van der Waals surface area contributed by atoms with Crippen LogP contribution in [0.3, 0.4) is 0 Å². The molecule has 2 heterocycles. The van der Waals surface area contributed by atoms with Gasteiger partial charge < -0.3 is 10.2 Å². The van der Waals surface area contributed by atoms with E-state index < -0.39 is 0 Å². The molecule has 0 amide bonds. The van der Waals surface area contributed by atoms with E-state index in [1.807, 2.05) is 24.5 Å². The number of nitrogens with one attached hydrogen (secondary N) is 1. The van der Waals surface area contributed by atoms with Crippen LogP contribution < -0.4 is 10.2 Å². The molecule has 0 aliphatic rings. The molecule has 0 radical (unpaired) electrons. The summed E-state index contributed by atoms with van der Waals surface area (Å²) < 4.78 is 0. The van der Waals surface area contributed by atoms with E-state index >= 15 is 0 Å². The van der Waals surface area contributed by atoms with Crippen molar-refractivity contribution in [2.45, 2.75) is 39.9 Å². The molecule has 0 spiro atoms. The highest BCUT2D eigenvalue weighted by atomic mass is 15.1. The Morgan fingerprint density at radius 2 is 1.90 bits per heavy atom. The van der Waals surface area contributed by atoms with Gasteiger partial charge in [0.1, 0.15) is 0 Å². The van der Waals surface area contributed by atoms with Crippen molar-refractivity contribution in [3.8, 4) is 0 Å². The second kappa shape index (κ2) is 7.74. The van der Waals surface area contributed by atoms with Crippen molar-refractivity contribution in [1.29, 1.82) is 0 Å². The van der Waals surface area contributed by atoms with Crippen molar-refractivity contribution in [2.75, 3.05) is 11.4 Å². The van der Waals surface area contributed by atoms with Gasteiger partial charge in [0.25, 0.3) is 0 Å². The van der Waals surface area contributed by atoms with Gasteiger partial charge in [-0.05, 0) is 31.2 Å². The molecule has 0 fully saturated rings. The number of rotatable bonds is 7. The molecule has 4 nitrogen and oxygen atoms in total. The Labute approximate surface area is 127 Å². The second-order valence-electron chi connectivity index (χ2n) is 5.38. The van der Waals surface area contributed by atoms with Crippen LogP contribution in [-0.4, -0.2) is 22.6 Å². The molecule has 2 aromatic heterocycles. The summed E-state index contributed by atoms with van der Waals surface area (Å²) >= 11 is 0. The lowest BCUT2D eigenvalue weighted by Crippen LogP contribution is -2.24. The van der Waals surface area contributed by atoms with Gasteiger partial charge in [-0.1, -0.05) is 19.9 Å². The van der Waals surface area contributed by atoms with E-state index in [-0.39, 0.29) is 0 Å². The van der Waals surface area contributed by atoms with Gasteiger partial charge in [-0.25, -0.2) is 0 Å². The quantitative estimate of drug-likeness (QED) is 0.848. The molecular weight excluding hydrogens is 260 g/mol. The minimum Gasteiger partial charge on any atom is -0.366 e. The summed E-state index contributed by atoms with van der Waals surface area (Å²) in [5.41, 5.74) is 3.34. The minimum absolute atomic E-state index is 0.464. The van der Waals surface area contributed by atoms with E-state index in [2.05, 4.69) is 59.2 Å². The summed E-state index contributed by atoms with van der Waals surface area (Å²) in [5.74, 6) is 0. The van der Waals surface area contributed by atoms with Gasteiger partial charge in [-0.2, -0.15) is 0 Å². The molecule has 4 heteroatoms. The topological polar surface area (TPSA) is 41.1 Å². The van der Waals surface area contributed by atoms with E-state index in [1.54, 1.807) is 0 Å². The van der Waals surface area contributed by atoms with Gasteiger partial charge in [0, 0.05) is 37.2 Å². The monoisotopic (exact) mass is 284 g/mol. The Bertz CT molecular complexity index is 539. The van der Waals surface area contributed by atoms with Crippen molar-refractivity contribution in [3.05, 3.63) is 54.1 Å². The highest BCUT2D eigenvalue weighted by molar-refractivity contribution is 5.46. The van der Waals surface area contributed by atoms with Crippen LogP contribution in [0.5, 0.6) is 0 Å². The summed E-state index contributed by atoms with van der Waals surface area (Å²) in [4.78, 5) is 11.1. The molecule has 0 aliphatic heterocycles. The fourth-order valence-corrected chi connectivity index (χ4v) is 2.14. The van der Waals surface area contributed by atoms with Crippen molar-refractivity contribution in [2.24, 2.45) is 0 Å². The summed E-state index contributed by atoms with van der Waals surface area (Å²) in [6.45, 7) is 9.00. The third-order valence-corrected chi connectivity index (χ3v) is 3.32. The molecule has 0 atom stereocenters. The number of pyridine rings is 2. The van der Waals surface area contributed by atoms with E-state index in [1.165, 1.54) is 5.69 Å². The first-order chi connectivity index (χ1) is 10.2. The predicted octanol–water partition coefficient (Wildman–Crippen LogP) is 3.00. The number of aromatic nitrogens is 2. The van der Waals surface area contributed by atoms with E-state index in [0.717, 1.165) is 31.0 Å². The molecule has 0 aromatic carbocycles. The normalized spacial score (nSPS) is 10.9. The first-order valence-electron chi connectivity index (χ1n) is 7.52. The zero-order valence-corrected chi connectivity index (χ0v) is 13.1. The molecule has 2 rings (SSSR count). The second-order valence-corrected chi connectivity index (χ2v) is 5.38. The number of anilines is 1. The zero-order chi connectivity index (χ0) is 15.1. The third kappa shape index (κ3) is 4.83. The van der Waals surface area contributed by atoms with Crippen LogP contribution in [0.15, 0.2) is 42.7 Å². The minimum atomic E-state index is 0.464. The van der Waals surface area contributed by atoms with E-state index in [0.29, 0.717) is 6.04 Å². The predicted molar refractivity (Wildman–Crippen MR) is 87.2 cm³/mol. The number of hydrogen-bond donors (Lipinski definition) is 1. The molecule has 1 N–H and O–H groups in total. The van der Waals surface area contributed by atoms with Gasteiger partial charge in [-0.3, -0.25) is 9.97 Å². The van der Waals surface area contributed by atoms with Crippen molar-refractivity contribution >= 4 is 5.69 Å². The van der Waals surface area contributed by atoms with Gasteiger partial charge in [0.05, 0.1) is 17.9 Å². The molecule has 0 saturated heterocycles. The molecule has 0 saturated carbocycles. The Hall–Kier alpha value is -1.94. The first-order valence-corrected chi connectivity index (χ1v) is 7.52. The molecule has 0 bridgehead atoms. The standard InChI is InChI=1S/C17H24N4/c1-4-21(13-15-7-5-6-9-18-15)17-8-10-19-16(11-17)12-20-14(2)3/h5-11,14,20H,4,12-13H2,1-3H3. The fraction of sp³-hybridized carbons (Fsp3) is 0.412. The van der Waals surface area contributed by atoms with Crippen LogP contribution in [0.4, 0.5) is 5.69 Å². The maximum Gasteiger partial charge on any atom is 0.0601 e. The van der Waals surface area contributed by atoms with E-state index in [9.17, 15) is 0 Å². The average Bonchev–Trinajstić information content (AvgIpc) is 2.52. The van der Waals surface area contributed by atoms with Gasteiger partial charge >= 0.3 is 0 Å². The Balaban J connectivity index is 2.09. The maximum atomic E-state index is 4.43. The lowest BCUT2D eigenvalue weighted by molar-refractivity contribution is 0.581. The summed E-state index contributed by atoms with van der Waals surface area (Å²) in [6.07, 6.45) is 3.72. The van der Waals surface area contributed by atoms with Crippen LogP contribution in [0.25, 0.3) is 0 Å². The van der Waals surface area contributed by atoms with Crippen molar-refractivity contribution in [3.63, 3.8) is 0 Å². The summed E-state index contributed by atoms with van der Waals surface area (Å²) in [7, 11) is 0. The Morgan fingerprint density at radius 3 is 2.57 bits per heavy atom. The van der Waals surface area contributed by atoms with E-state index in [4.69, 9.17) is 0 Å². The lowest BCUT2D eigenvalue weighted by Gasteiger charge is -2.23. The first kappa shape index (κ1) is 15.4. The van der Waals surface area contributed by atoms with Crippen LogP contribution >= 0.6 is 0 Å². The van der Waals surface area contributed by atoms with Gasteiger partial charge in [0.15, 0.2) is 0 Å². The highest BCUT2D eigenvalue weighted by Gasteiger charge is 2.07. The Morgan fingerprint density at radius 1 is 1.10 bits per heavy atom. The molecule has 112 valence electrons. The van der Waals surface area contributed by atoms with Crippen LogP contribution in [0.1, 0.15) is 32.2 Å². The molecule has 21 heavy (non-hydrogen) atoms. The highest BCUT2D eigenvalue weighted by Crippen LogP contribution is 2.16. The molecule has 0 aliphatic carbocycles. The summed E-state index contributed by atoms with van der Waals surface area (Å²) in [6, 6.07) is 10.7. The number of hydrogen-bond acceptors (Lipinski definition) is 4. The Kier molecular flexibility index (Phi) is 5.69.